The molecule has 2 heterocycles. The molecule has 1 fully saturated rings. The highest BCUT2D eigenvalue weighted by Gasteiger charge is 2.34. The Balaban J connectivity index is 1.53. The van der Waals surface area contributed by atoms with Gasteiger partial charge in [0.05, 0.1) is 0 Å². The summed E-state index contributed by atoms with van der Waals surface area (Å²) in [6.07, 6.45) is 7.03. The van der Waals surface area contributed by atoms with Crippen LogP contribution in [0.5, 0.6) is 0 Å². The molecule has 98 valence electrons. The van der Waals surface area contributed by atoms with Gasteiger partial charge in [-0.25, -0.2) is 0 Å². The van der Waals surface area contributed by atoms with Gasteiger partial charge in [0.15, 0.2) is 5.17 Å². The van der Waals surface area contributed by atoms with Crippen molar-refractivity contribution in [1.29, 1.82) is 0 Å². The second kappa shape index (κ2) is 5.66. The summed E-state index contributed by atoms with van der Waals surface area (Å²) in [4.78, 5) is 4.78. The molecule has 3 rings (SSSR count). The fourth-order valence-corrected chi connectivity index (χ4v) is 4.66. The lowest BCUT2D eigenvalue weighted by Crippen LogP contribution is -2.36. The highest BCUT2D eigenvalue weighted by atomic mass is 32.2. The molecule has 1 saturated carbocycles. The van der Waals surface area contributed by atoms with Crippen LogP contribution in [0.25, 0.3) is 0 Å². The third kappa shape index (κ3) is 2.91. The molecule has 0 unspecified atom stereocenters. The SMILES string of the molecule is c1cc(CNC2=NCC3(CCCCC3)CS2)cs1. The normalized spacial score (nSPS) is 22.8. The van der Waals surface area contributed by atoms with Crippen LogP contribution >= 0.6 is 23.1 Å². The van der Waals surface area contributed by atoms with Gasteiger partial charge in [-0.15, -0.1) is 0 Å². The zero-order chi connectivity index (χ0) is 12.3. The molecule has 18 heavy (non-hydrogen) atoms. The molecule has 4 heteroatoms. The molecule has 0 radical (unpaired) electrons. The van der Waals surface area contributed by atoms with Gasteiger partial charge in [0.25, 0.3) is 0 Å². The first kappa shape index (κ1) is 12.5. The van der Waals surface area contributed by atoms with E-state index < -0.39 is 0 Å². The second-order valence-electron chi connectivity index (χ2n) is 5.46. The Hall–Kier alpha value is -0.480. The van der Waals surface area contributed by atoms with Crippen LogP contribution in [0.3, 0.4) is 0 Å². The Morgan fingerprint density at radius 1 is 1.28 bits per heavy atom. The minimum absolute atomic E-state index is 0.538. The standard InChI is InChI=1S/C14H20N2S2/c1-2-5-14(6-3-1)10-16-13(18-11-14)15-8-12-4-7-17-9-12/h4,7,9H,1-3,5-6,8,10-11H2,(H,15,16). The van der Waals surface area contributed by atoms with Gasteiger partial charge in [-0.3, -0.25) is 4.99 Å². The smallest absolute Gasteiger partial charge is 0.156 e. The van der Waals surface area contributed by atoms with E-state index in [9.17, 15) is 0 Å². The van der Waals surface area contributed by atoms with Gasteiger partial charge in [-0.1, -0.05) is 31.0 Å². The molecule has 2 aliphatic rings. The van der Waals surface area contributed by atoms with Crippen molar-refractivity contribution >= 4 is 28.3 Å². The Kier molecular flexibility index (Phi) is 3.94. The summed E-state index contributed by atoms with van der Waals surface area (Å²) in [5, 5.41) is 8.94. The maximum Gasteiger partial charge on any atom is 0.156 e. The average Bonchev–Trinajstić information content (AvgIpc) is 2.93. The molecule has 0 saturated heterocycles. The fourth-order valence-electron chi connectivity index (χ4n) is 2.83. The Labute approximate surface area is 117 Å². The van der Waals surface area contributed by atoms with Crippen molar-refractivity contribution in [3.05, 3.63) is 22.4 Å². The van der Waals surface area contributed by atoms with Crippen LogP contribution in [0, 0.1) is 5.41 Å². The van der Waals surface area contributed by atoms with Gasteiger partial charge in [0, 0.05) is 18.8 Å². The van der Waals surface area contributed by atoms with E-state index in [4.69, 9.17) is 4.99 Å². The van der Waals surface area contributed by atoms with E-state index in [1.165, 1.54) is 43.4 Å². The second-order valence-corrected chi connectivity index (χ2v) is 7.20. The van der Waals surface area contributed by atoms with Crippen molar-refractivity contribution in [2.75, 3.05) is 12.3 Å². The van der Waals surface area contributed by atoms with E-state index in [1.54, 1.807) is 11.3 Å². The van der Waals surface area contributed by atoms with Crippen molar-refractivity contribution in [1.82, 2.24) is 5.32 Å². The Morgan fingerprint density at radius 3 is 2.83 bits per heavy atom. The van der Waals surface area contributed by atoms with Crippen molar-refractivity contribution in [2.24, 2.45) is 10.4 Å². The minimum Gasteiger partial charge on any atom is -0.361 e. The first-order valence-electron chi connectivity index (χ1n) is 6.79. The average molecular weight is 280 g/mol. The van der Waals surface area contributed by atoms with E-state index in [0.29, 0.717) is 5.41 Å². The van der Waals surface area contributed by atoms with E-state index in [2.05, 4.69) is 22.1 Å². The highest BCUT2D eigenvalue weighted by Crippen LogP contribution is 2.41. The zero-order valence-corrected chi connectivity index (χ0v) is 12.3. The summed E-state index contributed by atoms with van der Waals surface area (Å²) in [6, 6.07) is 2.17. The molecule has 1 aliphatic heterocycles. The quantitative estimate of drug-likeness (QED) is 0.888. The highest BCUT2D eigenvalue weighted by molar-refractivity contribution is 8.13. The van der Waals surface area contributed by atoms with Crippen LogP contribution in [-0.4, -0.2) is 17.5 Å². The molecule has 1 N–H and O–H groups in total. The Bertz CT molecular complexity index is 405. The number of hydrogen-bond acceptors (Lipinski definition) is 4. The molecule has 0 aromatic carbocycles. The zero-order valence-electron chi connectivity index (χ0n) is 10.7. The third-order valence-corrected chi connectivity index (χ3v) is 6.05. The van der Waals surface area contributed by atoms with Gasteiger partial charge >= 0.3 is 0 Å². The minimum atomic E-state index is 0.538. The predicted octanol–water partition coefficient (Wildman–Crippen LogP) is 3.89. The molecule has 0 bridgehead atoms. The molecule has 1 aromatic heterocycles. The van der Waals surface area contributed by atoms with Gasteiger partial charge in [0.1, 0.15) is 0 Å². The van der Waals surface area contributed by atoms with Crippen molar-refractivity contribution in [3.63, 3.8) is 0 Å². The van der Waals surface area contributed by atoms with E-state index in [0.717, 1.165) is 18.3 Å². The molecule has 0 atom stereocenters. The molecule has 1 spiro atoms. The van der Waals surface area contributed by atoms with Gasteiger partial charge in [0.2, 0.25) is 0 Å². The van der Waals surface area contributed by atoms with Crippen molar-refractivity contribution in [3.8, 4) is 0 Å². The molecular weight excluding hydrogens is 260 g/mol. The van der Waals surface area contributed by atoms with E-state index in [-0.39, 0.29) is 0 Å². The number of nitrogens with zero attached hydrogens (tertiary/aromatic N) is 1. The summed E-state index contributed by atoms with van der Waals surface area (Å²) >= 11 is 3.69. The predicted molar refractivity (Wildman–Crippen MR) is 81.4 cm³/mol. The molecule has 2 nitrogen and oxygen atoms in total. The number of hydrogen-bond donors (Lipinski definition) is 1. The van der Waals surface area contributed by atoms with E-state index >= 15 is 0 Å². The van der Waals surface area contributed by atoms with Crippen molar-refractivity contribution in [2.45, 2.75) is 38.6 Å². The summed E-state index contributed by atoms with van der Waals surface area (Å²) in [5.41, 5.74) is 1.90. The van der Waals surface area contributed by atoms with Gasteiger partial charge in [-0.2, -0.15) is 11.3 Å². The number of aliphatic imine (C=N–C) groups is 1. The van der Waals surface area contributed by atoms with Crippen LogP contribution in [0.1, 0.15) is 37.7 Å². The summed E-state index contributed by atoms with van der Waals surface area (Å²) in [7, 11) is 0. The lowest BCUT2D eigenvalue weighted by Gasteiger charge is -2.38. The van der Waals surface area contributed by atoms with Gasteiger partial charge in [-0.05, 0) is 40.6 Å². The largest absolute Gasteiger partial charge is 0.361 e. The molecule has 1 aromatic rings. The summed E-state index contributed by atoms with van der Waals surface area (Å²) in [6.45, 7) is 1.97. The van der Waals surface area contributed by atoms with E-state index in [1.807, 2.05) is 11.8 Å². The lowest BCUT2D eigenvalue weighted by molar-refractivity contribution is 0.232. The first-order valence-corrected chi connectivity index (χ1v) is 8.71. The number of thioether (sulfide) groups is 1. The molecule has 1 aliphatic carbocycles. The monoisotopic (exact) mass is 280 g/mol. The number of rotatable bonds is 2. The number of thiophene rings is 1. The van der Waals surface area contributed by atoms with Crippen LogP contribution in [-0.2, 0) is 6.54 Å². The topological polar surface area (TPSA) is 24.4 Å². The Morgan fingerprint density at radius 2 is 2.17 bits per heavy atom. The van der Waals surface area contributed by atoms with Crippen LogP contribution < -0.4 is 5.32 Å². The van der Waals surface area contributed by atoms with Crippen LogP contribution in [0.15, 0.2) is 21.8 Å². The fraction of sp³-hybridized carbons (Fsp3) is 0.643. The van der Waals surface area contributed by atoms with Crippen LogP contribution in [0.4, 0.5) is 0 Å². The van der Waals surface area contributed by atoms with Crippen LogP contribution in [0.2, 0.25) is 0 Å². The number of amidine groups is 1. The molecule has 0 amide bonds. The first-order chi connectivity index (χ1) is 8.86. The summed E-state index contributed by atoms with van der Waals surface area (Å²) < 4.78 is 0. The lowest BCUT2D eigenvalue weighted by atomic mass is 9.75. The maximum atomic E-state index is 4.78. The number of nitrogens with one attached hydrogen (secondary N) is 1. The summed E-state index contributed by atoms with van der Waals surface area (Å²) in [5.74, 6) is 1.27. The third-order valence-electron chi connectivity index (χ3n) is 4.01. The van der Waals surface area contributed by atoms with Gasteiger partial charge < -0.3 is 5.32 Å². The molecular formula is C14H20N2S2. The maximum absolute atomic E-state index is 4.78. The van der Waals surface area contributed by atoms with Crippen molar-refractivity contribution < 1.29 is 0 Å².